The molecule has 0 aliphatic heterocycles. The number of benzene rings is 1. The number of halogens is 1. The zero-order valence-electron chi connectivity index (χ0n) is 13.3. The molecule has 0 amide bonds. The van der Waals surface area contributed by atoms with Gasteiger partial charge < -0.3 is 5.73 Å². The molecule has 120 valence electrons. The van der Waals surface area contributed by atoms with E-state index in [0.29, 0.717) is 23.0 Å². The van der Waals surface area contributed by atoms with E-state index in [4.69, 9.17) is 5.73 Å². The second-order valence-corrected chi connectivity index (χ2v) is 6.23. The minimum absolute atomic E-state index is 0.303. The van der Waals surface area contributed by atoms with Gasteiger partial charge in [-0.15, -0.1) is 0 Å². The van der Waals surface area contributed by atoms with Gasteiger partial charge in [0.15, 0.2) is 0 Å². The van der Waals surface area contributed by atoms with E-state index in [1.807, 2.05) is 19.1 Å². The molecule has 0 radical (unpaired) electrons. The standard InChI is InChI=1S/C19H17FN4/c1-11-6-7-22-24-19(11)16-10-14(20)4-5-15(16)13-8-17(12-2-3-12)23-18(21)9-13/h4-10,12H,2-3H2,1H3,(H2,21,23). The third-order valence-corrected chi connectivity index (χ3v) is 4.33. The highest BCUT2D eigenvalue weighted by Crippen LogP contribution is 2.41. The van der Waals surface area contributed by atoms with E-state index in [0.717, 1.165) is 35.2 Å². The second kappa shape index (κ2) is 5.67. The molecule has 0 bridgehead atoms. The molecule has 1 aliphatic carbocycles. The molecule has 0 unspecified atom stereocenters. The van der Waals surface area contributed by atoms with Crippen molar-refractivity contribution in [2.45, 2.75) is 25.7 Å². The first kappa shape index (κ1) is 14.8. The fourth-order valence-corrected chi connectivity index (χ4v) is 2.94. The normalized spacial score (nSPS) is 13.9. The number of hydrogen-bond donors (Lipinski definition) is 1. The van der Waals surface area contributed by atoms with Crippen LogP contribution in [0.5, 0.6) is 0 Å². The summed E-state index contributed by atoms with van der Waals surface area (Å²) in [5, 5.41) is 8.15. The van der Waals surface area contributed by atoms with Crippen LogP contribution in [-0.4, -0.2) is 15.2 Å². The molecule has 24 heavy (non-hydrogen) atoms. The SMILES string of the molecule is Cc1ccnnc1-c1cc(F)ccc1-c1cc(N)nc(C2CC2)c1. The molecule has 4 rings (SSSR count). The highest BCUT2D eigenvalue weighted by atomic mass is 19.1. The van der Waals surface area contributed by atoms with Crippen LogP contribution in [0, 0.1) is 12.7 Å². The molecule has 1 saturated carbocycles. The Bertz CT molecular complexity index is 919. The highest BCUT2D eigenvalue weighted by Gasteiger charge is 2.26. The van der Waals surface area contributed by atoms with Crippen LogP contribution < -0.4 is 5.73 Å². The molecule has 1 fully saturated rings. The molecule has 2 aromatic heterocycles. The van der Waals surface area contributed by atoms with Gasteiger partial charge in [-0.2, -0.15) is 10.2 Å². The van der Waals surface area contributed by atoms with Crippen molar-refractivity contribution in [2.75, 3.05) is 5.73 Å². The molecule has 1 aromatic carbocycles. The van der Waals surface area contributed by atoms with Crippen LogP contribution in [0.1, 0.15) is 30.0 Å². The smallest absolute Gasteiger partial charge is 0.124 e. The number of nitrogen functional groups attached to an aromatic ring is 1. The van der Waals surface area contributed by atoms with Crippen LogP contribution in [0.15, 0.2) is 42.6 Å². The van der Waals surface area contributed by atoms with E-state index >= 15 is 0 Å². The summed E-state index contributed by atoms with van der Waals surface area (Å²) in [6, 6.07) is 10.5. The van der Waals surface area contributed by atoms with E-state index in [2.05, 4.69) is 21.2 Å². The van der Waals surface area contributed by atoms with Crippen molar-refractivity contribution in [3.8, 4) is 22.4 Å². The Morgan fingerprint density at radius 1 is 1.08 bits per heavy atom. The Kier molecular flexibility index (Phi) is 3.49. The summed E-state index contributed by atoms with van der Waals surface area (Å²) in [4.78, 5) is 4.43. The molecule has 0 saturated heterocycles. The van der Waals surface area contributed by atoms with E-state index in [1.165, 1.54) is 12.1 Å². The van der Waals surface area contributed by atoms with Gasteiger partial charge in [0.2, 0.25) is 0 Å². The van der Waals surface area contributed by atoms with Crippen molar-refractivity contribution in [3.05, 3.63) is 59.7 Å². The minimum atomic E-state index is -0.303. The predicted molar refractivity (Wildman–Crippen MR) is 91.8 cm³/mol. The number of nitrogens with zero attached hydrogens (tertiary/aromatic N) is 3. The summed E-state index contributed by atoms with van der Waals surface area (Å²) in [5.74, 6) is 0.679. The molecule has 0 atom stereocenters. The zero-order valence-corrected chi connectivity index (χ0v) is 13.3. The monoisotopic (exact) mass is 320 g/mol. The lowest BCUT2D eigenvalue weighted by Crippen LogP contribution is -1.98. The molecular formula is C19H17FN4. The second-order valence-electron chi connectivity index (χ2n) is 6.23. The van der Waals surface area contributed by atoms with Gasteiger partial charge in [0, 0.05) is 23.4 Å². The summed E-state index contributed by atoms with van der Waals surface area (Å²) in [6.07, 6.45) is 3.93. The van der Waals surface area contributed by atoms with Gasteiger partial charge in [-0.05, 0) is 66.8 Å². The molecular weight excluding hydrogens is 303 g/mol. The molecule has 5 heteroatoms. The maximum Gasteiger partial charge on any atom is 0.124 e. The average molecular weight is 320 g/mol. The number of aryl methyl sites for hydroxylation is 1. The third-order valence-electron chi connectivity index (χ3n) is 4.33. The number of rotatable bonds is 3. The summed E-state index contributed by atoms with van der Waals surface area (Å²) in [5.41, 5.74) is 11.2. The van der Waals surface area contributed by atoms with E-state index in [1.54, 1.807) is 12.3 Å². The van der Waals surface area contributed by atoms with Gasteiger partial charge in [-0.3, -0.25) is 0 Å². The Morgan fingerprint density at radius 2 is 1.92 bits per heavy atom. The van der Waals surface area contributed by atoms with E-state index in [9.17, 15) is 4.39 Å². The predicted octanol–water partition coefficient (Wildman–Crippen LogP) is 4.11. The Labute approximate surface area is 139 Å². The molecule has 2 N–H and O–H groups in total. The first-order valence-electron chi connectivity index (χ1n) is 7.98. The van der Waals surface area contributed by atoms with Crippen molar-refractivity contribution in [3.63, 3.8) is 0 Å². The first-order valence-corrected chi connectivity index (χ1v) is 7.98. The maximum atomic E-state index is 13.9. The van der Waals surface area contributed by atoms with E-state index in [-0.39, 0.29) is 5.82 Å². The van der Waals surface area contributed by atoms with Crippen LogP contribution in [0.4, 0.5) is 10.2 Å². The number of anilines is 1. The molecule has 1 aliphatic rings. The van der Waals surface area contributed by atoms with Crippen LogP contribution in [0.2, 0.25) is 0 Å². The minimum Gasteiger partial charge on any atom is -0.384 e. The molecule has 4 nitrogen and oxygen atoms in total. The average Bonchev–Trinajstić information content (AvgIpc) is 3.39. The number of nitrogens with two attached hydrogens (primary N) is 1. The number of pyridine rings is 1. The van der Waals surface area contributed by atoms with Crippen molar-refractivity contribution >= 4 is 5.82 Å². The fraction of sp³-hybridized carbons (Fsp3) is 0.211. The Balaban J connectivity index is 1.92. The molecule has 0 spiro atoms. The number of aromatic nitrogens is 3. The molecule has 2 heterocycles. The third kappa shape index (κ3) is 2.73. The van der Waals surface area contributed by atoms with Gasteiger partial charge in [0.1, 0.15) is 11.6 Å². The lowest BCUT2D eigenvalue weighted by Gasteiger charge is -2.12. The Morgan fingerprint density at radius 3 is 2.67 bits per heavy atom. The van der Waals surface area contributed by atoms with E-state index < -0.39 is 0 Å². The summed E-state index contributed by atoms with van der Waals surface area (Å²) in [7, 11) is 0. The van der Waals surface area contributed by atoms with Crippen molar-refractivity contribution in [1.29, 1.82) is 0 Å². The zero-order chi connectivity index (χ0) is 16.7. The summed E-state index contributed by atoms with van der Waals surface area (Å²) >= 11 is 0. The molecule has 3 aromatic rings. The Hall–Kier alpha value is -2.82. The topological polar surface area (TPSA) is 64.7 Å². The lowest BCUT2D eigenvalue weighted by atomic mass is 9.95. The fourth-order valence-electron chi connectivity index (χ4n) is 2.94. The van der Waals surface area contributed by atoms with Crippen LogP contribution in [0.3, 0.4) is 0 Å². The van der Waals surface area contributed by atoms with Gasteiger partial charge in [-0.25, -0.2) is 9.37 Å². The summed E-state index contributed by atoms with van der Waals surface area (Å²) in [6.45, 7) is 1.94. The highest BCUT2D eigenvalue weighted by molar-refractivity contribution is 5.83. The van der Waals surface area contributed by atoms with Crippen molar-refractivity contribution in [2.24, 2.45) is 0 Å². The van der Waals surface area contributed by atoms with Crippen LogP contribution in [0.25, 0.3) is 22.4 Å². The largest absolute Gasteiger partial charge is 0.384 e. The first-order chi connectivity index (χ1) is 11.6. The van der Waals surface area contributed by atoms with Crippen molar-refractivity contribution < 1.29 is 4.39 Å². The number of hydrogen-bond acceptors (Lipinski definition) is 4. The van der Waals surface area contributed by atoms with Crippen LogP contribution >= 0.6 is 0 Å². The summed E-state index contributed by atoms with van der Waals surface area (Å²) < 4.78 is 13.9. The van der Waals surface area contributed by atoms with Gasteiger partial charge in [-0.1, -0.05) is 6.07 Å². The lowest BCUT2D eigenvalue weighted by molar-refractivity contribution is 0.628. The van der Waals surface area contributed by atoms with Crippen molar-refractivity contribution in [1.82, 2.24) is 15.2 Å². The van der Waals surface area contributed by atoms with Gasteiger partial charge >= 0.3 is 0 Å². The van der Waals surface area contributed by atoms with Gasteiger partial charge in [0.25, 0.3) is 0 Å². The van der Waals surface area contributed by atoms with Gasteiger partial charge in [0.05, 0.1) is 5.69 Å². The van der Waals surface area contributed by atoms with Crippen LogP contribution in [-0.2, 0) is 0 Å². The quantitative estimate of drug-likeness (QED) is 0.788. The maximum absolute atomic E-state index is 13.9.